The third-order valence-corrected chi connectivity index (χ3v) is 3.43. The molecule has 1 aromatic rings. The molecular weight excluding hydrogens is 252 g/mol. The number of cyclic esters (lactones) is 1. The summed E-state index contributed by atoms with van der Waals surface area (Å²) in [6, 6.07) is 3.57. The van der Waals surface area contributed by atoms with E-state index in [1.54, 1.807) is 0 Å². The number of carbonyl (C=O) groups excluding carboxylic acids is 1. The summed E-state index contributed by atoms with van der Waals surface area (Å²) in [6.07, 6.45) is -0.575. The highest BCUT2D eigenvalue weighted by Crippen LogP contribution is 2.26. The lowest BCUT2D eigenvalue weighted by Crippen LogP contribution is -2.35. The van der Waals surface area contributed by atoms with Gasteiger partial charge in [0.1, 0.15) is 6.10 Å². The molecule has 1 saturated heterocycles. The maximum absolute atomic E-state index is 13.1. The molecule has 1 fully saturated rings. The first-order chi connectivity index (χ1) is 8.90. The number of amides is 1. The van der Waals surface area contributed by atoms with Gasteiger partial charge in [0.25, 0.3) is 0 Å². The van der Waals surface area contributed by atoms with Gasteiger partial charge >= 0.3 is 6.09 Å². The zero-order chi connectivity index (χ0) is 14.2. The van der Waals surface area contributed by atoms with Gasteiger partial charge in [-0.1, -0.05) is 19.9 Å². The Kier molecular flexibility index (Phi) is 3.73. The van der Waals surface area contributed by atoms with E-state index < -0.39 is 17.7 Å². The van der Waals surface area contributed by atoms with Crippen LogP contribution < -0.4 is 0 Å². The van der Waals surface area contributed by atoms with E-state index in [2.05, 4.69) is 0 Å². The Morgan fingerprint density at radius 1 is 1.32 bits per heavy atom. The van der Waals surface area contributed by atoms with Crippen LogP contribution in [-0.4, -0.2) is 23.1 Å². The number of ether oxygens (including phenoxy) is 1. The second kappa shape index (κ2) is 5.15. The van der Waals surface area contributed by atoms with Crippen molar-refractivity contribution >= 4 is 6.09 Å². The van der Waals surface area contributed by atoms with Crippen LogP contribution in [-0.2, 0) is 11.3 Å². The summed E-state index contributed by atoms with van der Waals surface area (Å²) >= 11 is 0. The predicted octanol–water partition coefficient (Wildman–Crippen LogP) is 3.33. The van der Waals surface area contributed by atoms with Gasteiger partial charge in [0.2, 0.25) is 0 Å². The molecule has 0 unspecified atom stereocenters. The normalized spacial score (nSPS) is 23.1. The second-order valence-corrected chi connectivity index (χ2v) is 5.21. The van der Waals surface area contributed by atoms with Crippen LogP contribution in [0.15, 0.2) is 18.2 Å². The molecule has 2 rings (SSSR count). The number of halogens is 2. The number of benzene rings is 1. The highest BCUT2D eigenvalue weighted by Gasteiger charge is 2.40. The fraction of sp³-hybridized carbons (Fsp3) is 0.500. The van der Waals surface area contributed by atoms with Crippen molar-refractivity contribution in [1.29, 1.82) is 0 Å². The Morgan fingerprint density at radius 3 is 2.53 bits per heavy atom. The van der Waals surface area contributed by atoms with Gasteiger partial charge in [0.05, 0.1) is 6.04 Å². The lowest BCUT2D eigenvalue weighted by Gasteiger charge is -2.22. The average molecular weight is 269 g/mol. The Labute approximate surface area is 111 Å². The van der Waals surface area contributed by atoms with Crippen molar-refractivity contribution in [3.63, 3.8) is 0 Å². The highest BCUT2D eigenvalue weighted by molar-refractivity contribution is 5.70. The van der Waals surface area contributed by atoms with Crippen LogP contribution in [0.5, 0.6) is 0 Å². The molecule has 0 aromatic heterocycles. The first kappa shape index (κ1) is 13.8. The molecule has 0 radical (unpaired) electrons. The molecule has 3 nitrogen and oxygen atoms in total. The van der Waals surface area contributed by atoms with Crippen LogP contribution in [0, 0.1) is 17.6 Å². The van der Waals surface area contributed by atoms with Crippen molar-refractivity contribution < 1.29 is 18.3 Å². The van der Waals surface area contributed by atoms with Crippen molar-refractivity contribution in [3.8, 4) is 0 Å². The summed E-state index contributed by atoms with van der Waals surface area (Å²) in [4.78, 5) is 13.3. The van der Waals surface area contributed by atoms with Crippen molar-refractivity contribution in [2.75, 3.05) is 0 Å². The van der Waals surface area contributed by atoms with Crippen molar-refractivity contribution in [3.05, 3.63) is 35.4 Å². The van der Waals surface area contributed by atoms with Crippen molar-refractivity contribution in [1.82, 2.24) is 4.90 Å². The molecule has 1 aliphatic rings. The van der Waals surface area contributed by atoms with Crippen LogP contribution in [0.2, 0.25) is 0 Å². The van der Waals surface area contributed by atoms with Gasteiger partial charge in [-0.2, -0.15) is 0 Å². The lowest BCUT2D eigenvalue weighted by molar-refractivity contribution is 0.104. The van der Waals surface area contributed by atoms with Crippen LogP contribution in [0.3, 0.4) is 0 Å². The summed E-state index contributed by atoms with van der Waals surface area (Å²) in [5, 5.41) is 0. The van der Waals surface area contributed by atoms with E-state index >= 15 is 0 Å². The second-order valence-electron chi connectivity index (χ2n) is 5.21. The summed E-state index contributed by atoms with van der Waals surface area (Å²) in [6.45, 7) is 6.08. The molecule has 0 spiro atoms. The smallest absolute Gasteiger partial charge is 0.410 e. The summed E-state index contributed by atoms with van der Waals surface area (Å²) in [7, 11) is 0. The number of rotatable bonds is 3. The molecule has 2 atom stereocenters. The van der Waals surface area contributed by atoms with Crippen molar-refractivity contribution in [2.45, 2.75) is 39.5 Å². The quantitative estimate of drug-likeness (QED) is 0.842. The van der Waals surface area contributed by atoms with Gasteiger partial charge in [-0.3, -0.25) is 4.90 Å². The topological polar surface area (TPSA) is 29.5 Å². The number of hydrogen-bond acceptors (Lipinski definition) is 2. The molecule has 1 heterocycles. The summed E-state index contributed by atoms with van der Waals surface area (Å²) < 4.78 is 31.3. The zero-order valence-electron chi connectivity index (χ0n) is 11.2. The minimum Gasteiger partial charge on any atom is -0.444 e. The molecule has 1 amide bonds. The molecule has 5 heteroatoms. The Balaban J connectivity index is 2.14. The number of hydrogen-bond donors (Lipinski definition) is 0. The van der Waals surface area contributed by atoms with Gasteiger partial charge in [-0.05, 0) is 30.5 Å². The Morgan fingerprint density at radius 2 is 2.00 bits per heavy atom. The molecule has 0 bridgehead atoms. The maximum Gasteiger partial charge on any atom is 0.410 e. The standard InChI is InChI=1S/C14H17F2NO2/c1-8(2)13-9(3)17(14(18)19-13)7-10-4-5-11(15)12(16)6-10/h4-6,8-9,13H,7H2,1-3H3/t9-,13-/m1/s1. The van der Waals surface area contributed by atoms with Crippen molar-refractivity contribution in [2.24, 2.45) is 5.92 Å². The maximum atomic E-state index is 13.1. The molecule has 0 aliphatic carbocycles. The highest BCUT2D eigenvalue weighted by atomic mass is 19.2. The summed E-state index contributed by atoms with van der Waals surface area (Å²) in [5.41, 5.74) is 0.548. The third kappa shape index (κ3) is 2.69. The SMILES string of the molecule is CC(C)[C@H]1OC(=O)N(Cc2ccc(F)c(F)c2)[C@@H]1C. The monoisotopic (exact) mass is 269 g/mol. The van der Waals surface area contributed by atoms with E-state index in [-0.39, 0.29) is 24.6 Å². The third-order valence-electron chi connectivity index (χ3n) is 3.43. The van der Waals surface area contributed by atoms with E-state index in [4.69, 9.17) is 4.74 Å². The lowest BCUT2D eigenvalue weighted by atomic mass is 10.0. The number of nitrogens with zero attached hydrogens (tertiary/aromatic N) is 1. The van der Waals surface area contributed by atoms with E-state index in [0.717, 1.165) is 12.1 Å². The van der Waals surface area contributed by atoms with E-state index in [1.807, 2.05) is 20.8 Å². The molecule has 104 valence electrons. The number of carbonyl (C=O) groups is 1. The first-order valence-corrected chi connectivity index (χ1v) is 6.31. The van der Waals surface area contributed by atoms with Crippen LogP contribution >= 0.6 is 0 Å². The molecular formula is C14H17F2NO2. The van der Waals surface area contributed by atoms with Gasteiger partial charge in [-0.25, -0.2) is 13.6 Å². The predicted molar refractivity (Wildman–Crippen MR) is 66.5 cm³/mol. The van der Waals surface area contributed by atoms with Gasteiger partial charge < -0.3 is 4.74 Å². The molecule has 1 aromatic carbocycles. The molecule has 0 N–H and O–H groups in total. The van der Waals surface area contributed by atoms with E-state index in [1.165, 1.54) is 11.0 Å². The fourth-order valence-electron chi connectivity index (χ4n) is 2.36. The van der Waals surface area contributed by atoms with Gasteiger partial charge in [-0.15, -0.1) is 0 Å². The van der Waals surface area contributed by atoms with Crippen LogP contribution in [0.4, 0.5) is 13.6 Å². The first-order valence-electron chi connectivity index (χ1n) is 6.31. The van der Waals surface area contributed by atoms with Crippen LogP contribution in [0.25, 0.3) is 0 Å². The summed E-state index contributed by atoms with van der Waals surface area (Å²) in [5.74, 6) is -1.58. The molecule has 1 aliphatic heterocycles. The Hall–Kier alpha value is -1.65. The minimum absolute atomic E-state index is 0.0828. The van der Waals surface area contributed by atoms with Gasteiger partial charge in [0.15, 0.2) is 11.6 Å². The Bertz CT molecular complexity index is 490. The average Bonchev–Trinajstić information content (AvgIpc) is 2.62. The van der Waals surface area contributed by atoms with Gasteiger partial charge in [0, 0.05) is 6.54 Å². The van der Waals surface area contributed by atoms with E-state index in [0.29, 0.717) is 5.56 Å². The van der Waals surface area contributed by atoms with Crippen LogP contribution in [0.1, 0.15) is 26.3 Å². The fourth-order valence-corrected chi connectivity index (χ4v) is 2.36. The largest absolute Gasteiger partial charge is 0.444 e. The minimum atomic E-state index is -0.905. The van der Waals surface area contributed by atoms with E-state index in [9.17, 15) is 13.6 Å². The molecule has 0 saturated carbocycles. The zero-order valence-corrected chi connectivity index (χ0v) is 11.2. The molecule has 19 heavy (non-hydrogen) atoms.